The molecule has 1 aromatic rings. The zero-order valence-corrected chi connectivity index (χ0v) is 9.89. The molecule has 8 heteroatoms. The van der Waals surface area contributed by atoms with Gasteiger partial charge in [-0.25, -0.2) is 8.42 Å². The molecule has 1 atom stereocenters. The highest BCUT2D eigenvalue weighted by Gasteiger charge is 2.42. The van der Waals surface area contributed by atoms with Gasteiger partial charge >= 0.3 is 6.18 Å². The fourth-order valence-electron chi connectivity index (χ4n) is 1.76. The van der Waals surface area contributed by atoms with Crippen LogP contribution < -0.4 is 5.32 Å². The monoisotopic (exact) mass is 279 g/mol. The highest BCUT2D eigenvalue weighted by Crippen LogP contribution is 2.40. The van der Waals surface area contributed by atoms with E-state index in [0.717, 1.165) is 18.2 Å². The summed E-state index contributed by atoms with van der Waals surface area (Å²) in [6.45, 7) is 1.20. The number of fused-ring (bicyclic) bond motifs is 1. The number of para-hydroxylation sites is 1. The first kappa shape index (κ1) is 12.9. The molecule has 1 unspecified atom stereocenters. The van der Waals surface area contributed by atoms with E-state index in [2.05, 4.69) is 5.32 Å². The fourth-order valence-corrected chi connectivity index (χ4v) is 3.19. The lowest BCUT2D eigenvalue weighted by atomic mass is 10.1. The van der Waals surface area contributed by atoms with Crippen molar-refractivity contribution in [3.63, 3.8) is 0 Å². The average molecular weight is 279 g/mol. The number of anilines is 1. The zero-order valence-electron chi connectivity index (χ0n) is 9.08. The van der Waals surface area contributed by atoms with E-state index in [-0.39, 0.29) is 0 Å². The van der Waals surface area contributed by atoms with Crippen LogP contribution in [0.25, 0.3) is 0 Å². The second-order valence-corrected chi connectivity index (χ2v) is 5.71. The minimum absolute atomic E-state index is 0.558. The predicted octanol–water partition coefficient (Wildman–Crippen LogP) is 1.82. The third kappa shape index (κ3) is 1.76. The van der Waals surface area contributed by atoms with Gasteiger partial charge in [-0.1, -0.05) is 6.07 Å². The largest absolute Gasteiger partial charge is 0.418 e. The Morgan fingerprint density at radius 1 is 1.28 bits per heavy atom. The summed E-state index contributed by atoms with van der Waals surface area (Å²) < 4.78 is 61.7. The first-order valence-electron chi connectivity index (χ1n) is 4.91. The van der Waals surface area contributed by atoms with E-state index in [1.54, 1.807) is 0 Å². The number of nitrogens with one attached hydrogen (secondary N) is 1. The third-order valence-corrected chi connectivity index (χ3v) is 4.40. The molecular formula is C10H8F3NO3S. The summed E-state index contributed by atoms with van der Waals surface area (Å²) in [7, 11) is -4.35. The lowest BCUT2D eigenvalue weighted by Gasteiger charge is -2.25. The Labute approximate surface area is 101 Å². The maximum atomic E-state index is 12.7. The first-order chi connectivity index (χ1) is 8.15. The van der Waals surface area contributed by atoms with E-state index in [1.807, 2.05) is 0 Å². The quantitative estimate of drug-likeness (QED) is 0.787. The molecule has 0 saturated heterocycles. The van der Waals surface area contributed by atoms with Crippen molar-refractivity contribution in [3.05, 3.63) is 23.8 Å². The summed E-state index contributed by atoms with van der Waals surface area (Å²) in [5, 5.41) is 1.16. The Kier molecular flexibility index (Phi) is 2.65. The number of carbonyl (C=O) groups excluding carboxylic acids is 1. The Bertz CT molecular complexity index is 622. The standard InChI is InChI=1S/C10H8F3NO3S/c1-5-9(15)18(16,17)7-4-2-3-6(8(7)14-5)10(11,12)13/h2-5,14H,1H3. The van der Waals surface area contributed by atoms with Crippen LogP contribution in [0.3, 0.4) is 0 Å². The van der Waals surface area contributed by atoms with E-state index in [9.17, 15) is 26.4 Å². The van der Waals surface area contributed by atoms with Crippen LogP contribution in [0.2, 0.25) is 0 Å². The molecule has 1 aliphatic rings. The number of hydrogen-bond donors (Lipinski definition) is 1. The van der Waals surface area contributed by atoms with Crippen molar-refractivity contribution in [1.29, 1.82) is 0 Å². The summed E-state index contributed by atoms with van der Waals surface area (Å²) in [4.78, 5) is 10.8. The molecule has 18 heavy (non-hydrogen) atoms. The van der Waals surface area contributed by atoms with Gasteiger partial charge in [-0.05, 0) is 19.1 Å². The van der Waals surface area contributed by atoms with Crippen LogP contribution in [0.1, 0.15) is 12.5 Å². The van der Waals surface area contributed by atoms with Crippen molar-refractivity contribution in [2.75, 3.05) is 5.32 Å². The minimum Gasteiger partial charge on any atom is -0.373 e. The van der Waals surface area contributed by atoms with Gasteiger partial charge in [0.15, 0.2) is 0 Å². The van der Waals surface area contributed by atoms with Gasteiger partial charge in [0.05, 0.1) is 22.2 Å². The Morgan fingerprint density at radius 3 is 2.44 bits per heavy atom. The predicted molar refractivity (Wildman–Crippen MR) is 56.7 cm³/mol. The molecule has 1 aromatic carbocycles. The molecule has 0 bridgehead atoms. The number of benzene rings is 1. The average Bonchev–Trinajstić information content (AvgIpc) is 2.24. The van der Waals surface area contributed by atoms with Gasteiger partial charge < -0.3 is 5.32 Å². The topological polar surface area (TPSA) is 63.2 Å². The lowest BCUT2D eigenvalue weighted by molar-refractivity contribution is -0.137. The van der Waals surface area contributed by atoms with Crippen LogP contribution in [0.4, 0.5) is 18.9 Å². The van der Waals surface area contributed by atoms with Crippen LogP contribution in [0.15, 0.2) is 23.1 Å². The molecule has 2 rings (SSSR count). The Balaban J connectivity index is 2.78. The smallest absolute Gasteiger partial charge is 0.373 e. The maximum Gasteiger partial charge on any atom is 0.418 e. The van der Waals surface area contributed by atoms with E-state index in [1.165, 1.54) is 6.92 Å². The number of alkyl halides is 3. The molecular weight excluding hydrogens is 271 g/mol. The first-order valence-corrected chi connectivity index (χ1v) is 6.39. The highest BCUT2D eigenvalue weighted by molar-refractivity contribution is 8.06. The van der Waals surface area contributed by atoms with Crippen LogP contribution >= 0.6 is 0 Å². The minimum atomic E-state index is -4.69. The van der Waals surface area contributed by atoms with E-state index >= 15 is 0 Å². The van der Waals surface area contributed by atoms with Crippen molar-refractivity contribution < 1.29 is 26.4 Å². The molecule has 0 amide bonds. The molecule has 0 aliphatic carbocycles. The van der Waals surface area contributed by atoms with Crippen molar-refractivity contribution in [1.82, 2.24) is 0 Å². The molecule has 0 radical (unpaired) electrons. The van der Waals surface area contributed by atoms with Crippen molar-refractivity contribution in [2.24, 2.45) is 0 Å². The van der Waals surface area contributed by atoms with Gasteiger partial charge in [0.2, 0.25) is 9.84 Å². The molecule has 4 nitrogen and oxygen atoms in total. The Hall–Kier alpha value is -1.57. The van der Waals surface area contributed by atoms with Crippen molar-refractivity contribution in [3.8, 4) is 0 Å². The maximum absolute atomic E-state index is 12.7. The highest BCUT2D eigenvalue weighted by atomic mass is 32.2. The number of hydrogen-bond acceptors (Lipinski definition) is 4. The summed E-state index contributed by atoms with van der Waals surface area (Å²) in [6, 6.07) is 1.51. The fraction of sp³-hybridized carbons (Fsp3) is 0.300. The van der Waals surface area contributed by atoms with Gasteiger partial charge in [-0.2, -0.15) is 13.2 Å². The number of carbonyl (C=O) groups is 1. The molecule has 0 spiro atoms. The second kappa shape index (κ2) is 3.71. The molecule has 98 valence electrons. The van der Waals surface area contributed by atoms with Crippen LogP contribution in [-0.4, -0.2) is 19.6 Å². The van der Waals surface area contributed by atoms with Crippen molar-refractivity contribution in [2.45, 2.75) is 24.0 Å². The molecule has 0 fully saturated rings. The van der Waals surface area contributed by atoms with Crippen molar-refractivity contribution >= 4 is 20.6 Å². The zero-order chi connectivity index (χ0) is 13.7. The SMILES string of the molecule is CC1Nc2c(C(F)(F)F)cccc2S(=O)(=O)C1=O. The number of halogens is 3. The molecule has 0 saturated carbocycles. The van der Waals surface area contributed by atoms with Gasteiger partial charge in [0.25, 0.3) is 5.12 Å². The third-order valence-electron chi connectivity index (χ3n) is 2.60. The molecule has 1 aliphatic heterocycles. The van der Waals surface area contributed by atoms with E-state index in [4.69, 9.17) is 0 Å². The lowest BCUT2D eigenvalue weighted by Crippen LogP contribution is -2.38. The number of rotatable bonds is 0. The van der Waals surface area contributed by atoms with E-state index < -0.39 is 43.3 Å². The van der Waals surface area contributed by atoms with Crippen LogP contribution in [-0.2, 0) is 20.8 Å². The normalized spacial score (nSPS) is 22.2. The number of sulfone groups is 1. The van der Waals surface area contributed by atoms with Gasteiger partial charge in [-0.3, -0.25) is 4.79 Å². The second-order valence-electron chi connectivity index (χ2n) is 3.86. The van der Waals surface area contributed by atoms with Crippen LogP contribution in [0, 0.1) is 0 Å². The van der Waals surface area contributed by atoms with Crippen LogP contribution in [0.5, 0.6) is 0 Å². The Morgan fingerprint density at radius 2 is 1.89 bits per heavy atom. The summed E-state index contributed by atoms with van der Waals surface area (Å²) in [5.74, 6) is 0. The van der Waals surface area contributed by atoms with Gasteiger partial charge in [0.1, 0.15) is 0 Å². The van der Waals surface area contributed by atoms with Gasteiger partial charge in [-0.15, -0.1) is 0 Å². The molecule has 1 heterocycles. The molecule has 0 aromatic heterocycles. The van der Waals surface area contributed by atoms with Gasteiger partial charge in [0, 0.05) is 0 Å². The summed E-state index contributed by atoms with van der Waals surface area (Å²) in [6.07, 6.45) is -4.69. The van der Waals surface area contributed by atoms with E-state index in [0.29, 0.717) is 0 Å². The summed E-state index contributed by atoms with van der Waals surface area (Å²) in [5.41, 5.74) is -1.65. The molecule has 1 N–H and O–H groups in total. The summed E-state index contributed by atoms with van der Waals surface area (Å²) >= 11 is 0.